The fraction of sp³-hybridized carbons (Fsp3) is 0.753. The minimum atomic E-state index is -4.98. The Kier molecular flexibility index (Phi) is 70.4. The van der Waals surface area contributed by atoms with Crippen molar-refractivity contribution in [3.8, 4) is 0 Å². The zero-order valence-corrected chi connectivity index (χ0v) is 64.9. The number of phosphoric acid groups is 2. The Labute approximate surface area is 607 Å². The van der Waals surface area contributed by atoms with Crippen molar-refractivity contribution in [1.82, 2.24) is 0 Å². The van der Waals surface area contributed by atoms with Crippen molar-refractivity contribution >= 4 is 39.5 Å². The summed E-state index contributed by atoms with van der Waals surface area (Å²) in [5.74, 6) is -2.21. The molecule has 0 bridgehead atoms. The molecule has 0 aliphatic carbocycles. The van der Waals surface area contributed by atoms with Crippen molar-refractivity contribution in [2.24, 2.45) is 0 Å². The van der Waals surface area contributed by atoms with Gasteiger partial charge >= 0.3 is 39.5 Å². The first-order valence-electron chi connectivity index (χ1n) is 39.5. The predicted octanol–water partition coefficient (Wildman–Crippen LogP) is 22.8. The van der Waals surface area contributed by atoms with Gasteiger partial charge in [-0.15, -0.1) is 0 Å². The molecule has 0 aliphatic heterocycles. The fourth-order valence-electron chi connectivity index (χ4n) is 10.5. The normalized spacial score (nSPS) is 14.4. The predicted molar refractivity (Wildman–Crippen MR) is 409 cm³/mol. The number of aliphatic hydroxyl groups excluding tert-OH is 1. The summed E-state index contributed by atoms with van der Waals surface area (Å²) in [5.41, 5.74) is 0. The van der Waals surface area contributed by atoms with Crippen LogP contribution in [-0.2, 0) is 65.4 Å². The van der Waals surface area contributed by atoms with Crippen molar-refractivity contribution in [2.75, 3.05) is 39.6 Å². The van der Waals surface area contributed by atoms with E-state index in [2.05, 4.69) is 125 Å². The van der Waals surface area contributed by atoms with Crippen LogP contribution in [0, 0.1) is 0 Å². The van der Waals surface area contributed by atoms with Crippen molar-refractivity contribution < 1.29 is 80.2 Å². The van der Waals surface area contributed by atoms with E-state index in [0.717, 1.165) is 173 Å². The molecular weight excluding hydrogens is 1310 g/mol. The second-order valence-electron chi connectivity index (χ2n) is 26.3. The highest BCUT2D eigenvalue weighted by atomic mass is 31.2. The number of unbranched alkanes of at least 4 members (excludes halogenated alkanes) is 32. The lowest BCUT2D eigenvalue weighted by atomic mass is 10.0. The largest absolute Gasteiger partial charge is 0.472 e. The average Bonchev–Trinajstić information content (AvgIpc) is 1.06. The summed E-state index contributed by atoms with van der Waals surface area (Å²) in [5, 5.41) is 10.6. The van der Waals surface area contributed by atoms with Crippen LogP contribution in [0.25, 0.3) is 0 Å². The first-order valence-corrected chi connectivity index (χ1v) is 42.5. The van der Waals surface area contributed by atoms with Gasteiger partial charge in [-0.2, -0.15) is 0 Å². The maximum absolute atomic E-state index is 13.1. The topological polar surface area (TPSA) is 237 Å². The molecule has 0 amide bonds. The molecule has 0 aromatic carbocycles. The van der Waals surface area contributed by atoms with Crippen LogP contribution in [0.3, 0.4) is 0 Å². The summed E-state index contributed by atoms with van der Waals surface area (Å²) in [6, 6.07) is 0. The average molecular weight is 1450 g/mol. The molecule has 0 spiro atoms. The van der Waals surface area contributed by atoms with Gasteiger partial charge in [0, 0.05) is 25.7 Å². The number of hydrogen-bond donors (Lipinski definition) is 3. The third kappa shape index (κ3) is 72.3. The van der Waals surface area contributed by atoms with Crippen molar-refractivity contribution in [3.63, 3.8) is 0 Å². The Hall–Kier alpha value is -4.02. The Morgan fingerprint density at radius 2 is 0.540 bits per heavy atom. The van der Waals surface area contributed by atoms with E-state index >= 15 is 0 Å². The molecule has 5 atom stereocenters. The van der Waals surface area contributed by atoms with Gasteiger partial charge in [0.25, 0.3) is 0 Å². The molecule has 0 saturated heterocycles. The lowest BCUT2D eigenvalue weighted by Gasteiger charge is -2.21. The standard InChI is InChI=1S/C81H142O17P2/c1-5-9-13-17-21-25-29-33-36-37-40-43-46-50-54-58-62-66-79(84)92-72-77(98-81(86)68-64-60-56-52-48-44-39-35-31-27-23-19-15-11-7-3)74-96-100(89,90)94-70-75(82)69-93-99(87,88)95-73-76(97-80(85)67-63-59-55-51-47-41-32-28-24-20-16-12-8-4)71-91-78(83)65-61-57-53-49-45-42-38-34-30-26-22-18-14-10-6-2/h9,13,16,20-22,25-26,28,32-34,36,38,40,43,75-77,82H,5-8,10-12,14-15,17-19,23-24,27,29-31,35,37,39,41-42,44-74H2,1-4H3,(H,87,88)(H,89,90)/b13-9-,20-16-,25-21-,26-22-,32-28-,36-33-,38-34-,43-40-. The van der Waals surface area contributed by atoms with Crippen molar-refractivity contribution in [3.05, 3.63) is 97.2 Å². The molecule has 0 heterocycles. The zero-order chi connectivity index (χ0) is 73.2. The highest BCUT2D eigenvalue weighted by molar-refractivity contribution is 7.47. The quantitative estimate of drug-likeness (QED) is 0.0169. The summed E-state index contributed by atoms with van der Waals surface area (Å²) >= 11 is 0. The number of rotatable bonds is 74. The van der Waals surface area contributed by atoms with Crippen molar-refractivity contribution in [1.29, 1.82) is 0 Å². The van der Waals surface area contributed by atoms with Gasteiger partial charge in [0.2, 0.25) is 0 Å². The molecule has 19 heteroatoms. The summed E-state index contributed by atoms with van der Waals surface area (Å²) in [4.78, 5) is 72.9. The smallest absolute Gasteiger partial charge is 0.462 e. The fourth-order valence-corrected chi connectivity index (χ4v) is 12.1. The van der Waals surface area contributed by atoms with E-state index in [-0.39, 0.29) is 25.7 Å². The molecule has 0 radical (unpaired) electrons. The number of carbonyl (C=O) groups excluding carboxylic acids is 4. The van der Waals surface area contributed by atoms with E-state index in [1.54, 1.807) is 0 Å². The highest BCUT2D eigenvalue weighted by Crippen LogP contribution is 2.45. The molecule has 0 fully saturated rings. The first-order chi connectivity index (χ1) is 48.7. The second kappa shape index (κ2) is 73.3. The van der Waals surface area contributed by atoms with E-state index in [1.165, 1.54) is 83.5 Å². The molecular formula is C81H142O17P2. The van der Waals surface area contributed by atoms with Gasteiger partial charge in [0.15, 0.2) is 12.2 Å². The van der Waals surface area contributed by atoms with Crippen LogP contribution in [0.5, 0.6) is 0 Å². The van der Waals surface area contributed by atoms with Gasteiger partial charge < -0.3 is 33.8 Å². The van der Waals surface area contributed by atoms with Crippen LogP contribution >= 0.6 is 15.6 Å². The number of aliphatic hydroxyl groups is 1. The summed E-state index contributed by atoms with van der Waals surface area (Å²) in [6.45, 7) is 4.65. The number of phosphoric ester groups is 2. The Balaban J connectivity index is 5.37. The molecule has 100 heavy (non-hydrogen) atoms. The summed E-state index contributed by atoms with van der Waals surface area (Å²) < 4.78 is 68.5. The number of ether oxygens (including phenoxy) is 4. The molecule has 0 aromatic heterocycles. The first kappa shape index (κ1) is 96.0. The molecule has 0 saturated carbocycles. The van der Waals surface area contributed by atoms with Gasteiger partial charge in [0.05, 0.1) is 26.4 Å². The van der Waals surface area contributed by atoms with Gasteiger partial charge in [0.1, 0.15) is 19.3 Å². The molecule has 0 rings (SSSR count). The van der Waals surface area contributed by atoms with Gasteiger partial charge in [-0.3, -0.25) is 37.3 Å². The molecule has 3 N–H and O–H groups in total. The third-order valence-electron chi connectivity index (χ3n) is 16.5. The lowest BCUT2D eigenvalue weighted by molar-refractivity contribution is -0.161. The number of allylic oxidation sites excluding steroid dienone is 16. The van der Waals surface area contributed by atoms with E-state index < -0.39 is 97.5 Å². The van der Waals surface area contributed by atoms with E-state index in [9.17, 15) is 43.2 Å². The van der Waals surface area contributed by atoms with E-state index in [0.29, 0.717) is 25.7 Å². The van der Waals surface area contributed by atoms with Crippen molar-refractivity contribution in [2.45, 2.75) is 354 Å². The van der Waals surface area contributed by atoms with Crippen LogP contribution in [0.4, 0.5) is 0 Å². The maximum Gasteiger partial charge on any atom is 0.472 e. The van der Waals surface area contributed by atoms with Gasteiger partial charge in [-0.1, -0.05) is 285 Å². The van der Waals surface area contributed by atoms with Crippen LogP contribution in [-0.4, -0.2) is 96.7 Å². The second-order valence-corrected chi connectivity index (χ2v) is 29.2. The third-order valence-corrected chi connectivity index (χ3v) is 18.4. The number of hydrogen-bond acceptors (Lipinski definition) is 15. The monoisotopic (exact) mass is 1450 g/mol. The van der Waals surface area contributed by atoms with Crippen LogP contribution in [0.2, 0.25) is 0 Å². The minimum Gasteiger partial charge on any atom is -0.462 e. The van der Waals surface area contributed by atoms with E-state index in [1.807, 2.05) is 0 Å². The molecule has 0 aromatic rings. The molecule has 578 valence electrons. The number of esters is 4. The maximum atomic E-state index is 13.1. The highest BCUT2D eigenvalue weighted by Gasteiger charge is 2.30. The Bertz CT molecular complexity index is 2270. The molecule has 17 nitrogen and oxygen atoms in total. The van der Waals surface area contributed by atoms with Crippen LogP contribution < -0.4 is 0 Å². The number of carbonyl (C=O) groups is 4. The Morgan fingerprint density at radius 1 is 0.290 bits per heavy atom. The SMILES string of the molecule is CC/C=C\C/C=C\C/C=C\C/C=C\CCCCCCC(=O)OCC(COP(=O)(O)OCC(O)COP(=O)(O)OCC(COC(=O)CCCCCCC/C=C\C/C=C\CCCCC)OC(=O)CCCCCCC/C=C\C/C=C\CCC)OC(=O)CCCCCCCCCCCCCCCCC. The van der Waals surface area contributed by atoms with Crippen LogP contribution in [0.1, 0.15) is 336 Å². The Morgan fingerprint density at radius 3 is 0.860 bits per heavy atom. The summed E-state index contributed by atoms with van der Waals surface area (Å²) in [7, 11) is -9.96. The van der Waals surface area contributed by atoms with Crippen LogP contribution in [0.15, 0.2) is 97.2 Å². The van der Waals surface area contributed by atoms with Gasteiger partial charge in [-0.05, 0) is 122 Å². The summed E-state index contributed by atoms with van der Waals surface area (Å²) in [6.07, 6.45) is 76.7. The zero-order valence-electron chi connectivity index (χ0n) is 63.1. The van der Waals surface area contributed by atoms with E-state index in [4.69, 9.17) is 37.0 Å². The van der Waals surface area contributed by atoms with Gasteiger partial charge in [-0.25, -0.2) is 9.13 Å². The lowest BCUT2D eigenvalue weighted by Crippen LogP contribution is -2.30. The minimum absolute atomic E-state index is 0.0759. The molecule has 0 aliphatic rings. The molecule has 5 unspecified atom stereocenters.